The van der Waals surface area contributed by atoms with Crippen LogP contribution in [0.3, 0.4) is 0 Å². The van der Waals surface area contributed by atoms with Crippen LogP contribution >= 0.6 is 0 Å². The molecule has 2 aromatic carbocycles. The van der Waals surface area contributed by atoms with Crippen LogP contribution in [-0.2, 0) is 6.54 Å². The molecule has 0 aliphatic rings. The summed E-state index contributed by atoms with van der Waals surface area (Å²) in [6.45, 7) is 2.29. The molecule has 0 aliphatic heterocycles. The molecular weight excluding hydrogens is 414 g/mol. The van der Waals surface area contributed by atoms with Crippen molar-refractivity contribution >= 4 is 16.9 Å². The quantitative estimate of drug-likeness (QED) is 0.435. The first-order chi connectivity index (χ1) is 15.4. The summed E-state index contributed by atoms with van der Waals surface area (Å²) in [7, 11) is 4.92. The minimum atomic E-state index is -0.307. The number of nitrogens with one attached hydrogen (secondary N) is 1. The molecule has 9 nitrogen and oxygen atoms in total. The van der Waals surface area contributed by atoms with Crippen LogP contribution in [0.2, 0.25) is 0 Å². The molecule has 0 fully saturated rings. The van der Waals surface area contributed by atoms with E-state index in [1.54, 1.807) is 20.1 Å². The number of aliphatic hydroxyl groups excluding tert-OH is 2. The van der Waals surface area contributed by atoms with Gasteiger partial charge in [0, 0.05) is 31.1 Å². The lowest BCUT2D eigenvalue weighted by Gasteiger charge is -2.19. The zero-order valence-corrected chi connectivity index (χ0v) is 18.7. The SMILES string of the molecule is COc1cc2nc(N(C)Cc3ccc(OCC(CO)CO)cc3)[nH]c(=O)c2c(C)c1OC. The van der Waals surface area contributed by atoms with Gasteiger partial charge in [-0.05, 0) is 24.6 Å². The molecule has 0 saturated heterocycles. The molecule has 3 aromatic rings. The van der Waals surface area contributed by atoms with Crippen molar-refractivity contribution in [1.29, 1.82) is 0 Å². The number of ether oxygens (including phenoxy) is 3. The summed E-state index contributed by atoms with van der Waals surface area (Å²) in [5.74, 6) is 1.81. The Morgan fingerprint density at radius 2 is 1.81 bits per heavy atom. The zero-order valence-electron chi connectivity index (χ0n) is 18.7. The number of benzene rings is 2. The van der Waals surface area contributed by atoms with Gasteiger partial charge in [-0.2, -0.15) is 0 Å². The van der Waals surface area contributed by atoms with Crippen molar-refractivity contribution in [2.75, 3.05) is 46.0 Å². The van der Waals surface area contributed by atoms with Crippen molar-refractivity contribution in [1.82, 2.24) is 9.97 Å². The number of methoxy groups -OCH3 is 2. The summed E-state index contributed by atoms with van der Waals surface area (Å²) in [5.41, 5.74) is 1.94. The molecule has 0 radical (unpaired) electrons. The van der Waals surface area contributed by atoms with Gasteiger partial charge < -0.3 is 29.3 Å². The third kappa shape index (κ3) is 4.95. The smallest absolute Gasteiger partial charge is 0.260 e. The van der Waals surface area contributed by atoms with E-state index >= 15 is 0 Å². The molecule has 9 heteroatoms. The fraction of sp³-hybridized carbons (Fsp3) is 0.391. The number of hydrogen-bond donors (Lipinski definition) is 3. The molecule has 1 aromatic heterocycles. The van der Waals surface area contributed by atoms with Crippen molar-refractivity contribution in [3.63, 3.8) is 0 Å². The maximum atomic E-state index is 12.8. The largest absolute Gasteiger partial charge is 0.493 e. The fourth-order valence-electron chi connectivity index (χ4n) is 3.44. The van der Waals surface area contributed by atoms with E-state index in [-0.39, 0.29) is 31.3 Å². The lowest BCUT2D eigenvalue weighted by molar-refractivity contribution is 0.106. The first-order valence-electron chi connectivity index (χ1n) is 10.2. The number of aliphatic hydroxyl groups is 2. The minimum absolute atomic E-state index is 0.130. The summed E-state index contributed by atoms with van der Waals surface area (Å²) in [4.78, 5) is 22.1. The normalized spacial score (nSPS) is 11.1. The van der Waals surface area contributed by atoms with Gasteiger partial charge in [-0.15, -0.1) is 0 Å². The molecule has 0 spiro atoms. The molecule has 172 valence electrons. The van der Waals surface area contributed by atoms with E-state index in [4.69, 9.17) is 24.4 Å². The monoisotopic (exact) mass is 443 g/mol. The Morgan fingerprint density at radius 1 is 1.12 bits per heavy atom. The zero-order chi connectivity index (χ0) is 23.3. The number of anilines is 1. The van der Waals surface area contributed by atoms with Gasteiger partial charge in [0.25, 0.3) is 5.56 Å². The van der Waals surface area contributed by atoms with E-state index in [9.17, 15) is 4.79 Å². The molecule has 32 heavy (non-hydrogen) atoms. The van der Waals surface area contributed by atoms with Crippen molar-refractivity contribution in [2.45, 2.75) is 13.5 Å². The van der Waals surface area contributed by atoms with Gasteiger partial charge in [0.2, 0.25) is 5.95 Å². The second kappa shape index (κ2) is 10.3. The van der Waals surface area contributed by atoms with Crippen LogP contribution in [0.25, 0.3) is 10.9 Å². The van der Waals surface area contributed by atoms with E-state index in [0.717, 1.165) is 5.56 Å². The topological polar surface area (TPSA) is 117 Å². The highest BCUT2D eigenvalue weighted by Crippen LogP contribution is 2.35. The van der Waals surface area contributed by atoms with Crippen LogP contribution in [0, 0.1) is 12.8 Å². The maximum absolute atomic E-state index is 12.8. The Labute approximate surface area is 186 Å². The summed E-state index contributed by atoms with van der Waals surface area (Å²) in [6, 6.07) is 9.18. The Hall–Kier alpha value is -3.30. The summed E-state index contributed by atoms with van der Waals surface area (Å²) >= 11 is 0. The molecule has 0 saturated carbocycles. The molecule has 0 bridgehead atoms. The number of rotatable bonds is 10. The number of aromatic nitrogens is 2. The standard InChI is InChI=1S/C23H29N3O6/c1-14-20-18(9-19(30-3)21(14)31-4)24-23(25-22(20)29)26(2)10-15-5-7-17(8-6-15)32-13-16(11-27)12-28/h5-9,16,27-28H,10-13H2,1-4H3,(H,24,25,29). The van der Waals surface area contributed by atoms with E-state index in [1.165, 1.54) is 7.11 Å². The van der Waals surface area contributed by atoms with E-state index in [1.807, 2.05) is 36.2 Å². The number of aryl methyl sites for hydroxylation is 1. The van der Waals surface area contributed by atoms with Crippen LogP contribution in [0.5, 0.6) is 17.2 Å². The summed E-state index contributed by atoms with van der Waals surface area (Å²) in [5, 5.41) is 18.7. The van der Waals surface area contributed by atoms with Gasteiger partial charge >= 0.3 is 0 Å². The molecule has 0 atom stereocenters. The van der Waals surface area contributed by atoms with Crippen LogP contribution in [0.4, 0.5) is 5.95 Å². The first kappa shape index (κ1) is 23.4. The van der Waals surface area contributed by atoms with Crippen molar-refractivity contribution in [3.8, 4) is 17.2 Å². The Bertz CT molecular complexity index is 1110. The van der Waals surface area contributed by atoms with Gasteiger partial charge in [0.1, 0.15) is 5.75 Å². The molecule has 3 rings (SSSR count). The van der Waals surface area contributed by atoms with E-state index in [2.05, 4.69) is 9.97 Å². The number of nitrogens with zero attached hydrogens (tertiary/aromatic N) is 2. The number of aromatic amines is 1. The van der Waals surface area contributed by atoms with E-state index < -0.39 is 0 Å². The highest BCUT2D eigenvalue weighted by molar-refractivity contribution is 5.86. The van der Waals surface area contributed by atoms with Crippen molar-refractivity contribution < 1.29 is 24.4 Å². The Balaban J connectivity index is 1.79. The lowest BCUT2D eigenvalue weighted by Crippen LogP contribution is -2.23. The minimum Gasteiger partial charge on any atom is -0.493 e. The molecule has 3 N–H and O–H groups in total. The predicted octanol–water partition coefficient (Wildman–Crippen LogP) is 1.86. The average Bonchev–Trinajstić information content (AvgIpc) is 2.80. The van der Waals surface area contributed by atoms with Crippen molar-refractivity contribution in [2.24, 2.45) is 5.92 Å². The third-order valence-corrected chi connectivity index (χ3v) is 5.27. The molecular formula is C23H29N3O6. The van der Waals surface area contributed by atoms with Crippen LogP contribution in [0.15, 0.2) is 35.1 Å². The molecule has 0 amide bonds. The highest BCUT2D eigenvalue weighted by Gasteiger charge is 2.17. The molecule has 0 aliphatic carbocycles. The average molecular weight is 444 g/mol. The number of H-pyrrole nitrogens is 1. The lowest BCUT2D eigenvalue weighted by atomic mass is 10.1. The fourth-order valence-corrected chi connectivity index (χ4v) is 3.44. The third-order valence-electron chi connectivity index (χ3n) is 5.27. The second-order valence-electron chi connectivity index (χ2n) is 7.56. The Morgan fingerprint density at radius 3 is 2.41 bits per heavy atom. The summed E-state index contributed by atoms with van der Waals surface area (Å²) < 4.78 is 16.4. The highest BCUT2D eigenvalue weighted by atomic mass is 16.5. The predicted molar refractivity (Wildman–Crippen MR) is 122 cm³/mol. The van der Waals surface area contributed by atoms with Gasteiger partial charge in [0.05, 0.1) is 44.9 Å². The van der Waals surface area contributed by atoms with Gasteiger partial charge in [-0.3, -0.25) is 9.78 Å². The van der Waals surface area contributed by atoms with Gasteiger partial charge in [-0.25, -0.2) is 4.98 Å². The molecule has 1 heterocycles. The van der Waals surface area contributed by atoms with Gasteiger partial charge in [0.15, 0.2) is 11.5 Å². The van der Waals surface area contributed by atoms with Gasteiger partial charge in [-0.1, -0.05) is 12.1 Å². The van der Waals surface area contributed by atoms with Crippen LogP contribution in [-0.4, -0.2) is 61.3 Å². The van der Waals surface area contributed by atoms with E-state index in [0.29, 0.717) is 46.2 Å². The first-order valence-corrected chi connectivity index (χ1v) is 10.2. The maximum Gasteiger partial charge on any atom is 0.260 e. The molecule has 0 unspecified atom stereocenters. The van der Waals surface area contributed by atoms with Crippen LogP contribution in [0.1, 0.15) is 11.1 Å². The summed E-state index contributed by atoms with van der Waals surface area (Å²) in [6.07, 6.45) is 0. The number of fused-ring (bicyclic) bond motifs is 1. The Kier molecular flexibility index (Phi) is 7.55. The van der Waals surface area contributed by atoms with Crippen LogP contribution < -0.4 is 24.7 Å². The van der Waals surface area contributed by atoms with Crippen molar-refractivity contribution in [3.05, 3.63) is 51.8 Å². The second-order valence-corrected chi connectivity index (χ2v) is 7.56. The number of hydrogen-bond acceptors (Lipinski definition) is 8.